The van der Waals surface area contributed by atoms with Crippen molar-refractivity contribution in [1.29, 1.82) is 0 Å². The number of anilines is 1. The van der Waals surface area contributed by atoms with E-state index in [1.54, 1.807) is 12.1 Å². The number of nitrogens with one attached hydrogen (secondary N) is 1. The highest BCUT2D eigenvalue weighted by molar-refractivity contribution is 5.94. The molecule has 85 valence electrons. The molecule has 2 N–H and O–H groups in total. The highest BCUT2D eigenvalue weighted by Gasteiger charge is 2.11. The normalized spacial score (nSPS) is 9.88. The van der Waals surface area contributed by atoms with E-state index in [9.17, 15) is 14.7 Å². The van der Waals surface area contributed by atoms with Crippen molar-refractivity contribution in [3.05, 3.63) is 29.3 Å². The summed E-state index contributed by atoms with van der Waals surface area (Å²) >= 11 is 0. The quantitative estimate of drug-likeness (QED) is 0.805. The van der Waals surface area contributed by atoms with E-state index in [0.717, 1.165) is 0 Å². The molecule has 0 heterocycles. The highest BCUT2D eigenvalue weighted by Crippen LogP contribution is 2.16. The van der Waals surface area contributed by atoms with Crippen molar-refractivity contribution >= 4 is 17.6 Å². The Balaban J connectivity index is 3.06. The molecule has 0 fully saturated rings. The zero-order valence-corrected chi connectivity index (χ0v) is 8.82. The number of rotatable bonds is 4. The lowest BCUT2D eigenvalue weighted by molar-refractivity contribution is -0.114. The van der Waals surface area contributed by atoms with Crippen LogP contribution in [0.4, 0.5) is 5.69 Å². The molecule has 0 spiro atoms. The summed E-state index contributed by atoms with van der Waals surface area (Å²) < 4.78 is 0. The van der Waals surface area contributed by atoms with Crippen molar-refractivity contribution in [2.75, 3.05) is 11.9 Å². The third-order valence-corrected chi connectivity index (χ3v) is 2.03. The van der Waals surface area contributed by atoms with Crippen LogP contribution in [0.5, 0.6) is 0 Å². The van der Waals surface area contributed by atoms with Crippen molar-refractivity contribution in [1.82, 2.24) is 0 Å². The Labute approximate surface area is 92.7 Å². The Morgan fingerprint density at radius 1 is 1.38 bits per heavy atom. The van der Waals surface area contributed by atoms with Crippen LogP contribution in [0.3, 0.4) is 0 Å². The monoisotopic (exact) mass is 222 g/mol. The van der Waals surface area contributed by atoms with Gasteiger partial charge in [0.15, 0.2) is 0 Å². The van der Waals surface area contributed by atoms with Crippen molar-refractivity contribution < 1.29 is 19.8 Å². The lowest BCUT2D eigenvalue weighted by Crippen LogP contribution is -2.09. The van der Waals surface area contributed by atoms with E-state index >= 15 is 0 Å². The number of aromatic carboxylic acids is 1. The maximum Gasteiger partial charge on any atom is 0.336 e. The van der Waals surface area contributed by atoms with Crippen LogP contribution in [0.1, 0.15) is 22.8 Å². The van der Waals surface area contributed by atoms with Gasteiger partial charge in [-0.05, 0) is 24.1 Å². The van der Waals surface area contributed by atoms with E-state index in [-0.39, 0.29) is 24.5 Å². The van der Waals surface area contributed by atoms with E-state index in [1.165, 1.54) is 13.0 Å². The number of carbonyl (C=O) groups is 2. The number of hydrogen-bond acceptors (Lipinski definition) is 2. The van der Waals surface area contributed by atoms with Crippen LogP contribution >= 0.6 is 0 Å². The standard InChI is InChI=1S/C11H12NO4/c1-7(14)12-9-3-2-8(4-5-13)10(6-9)11(15)16/h2-3,6H,4-5H2,1H3,(H,12,14)(H,15,16). The number of amides is 1. The summed E-state index contributed by atoms with van der Waals surface area (Å²) in [5.74, 6) is -1.37. The second-order valence-corrected chi connectivity index (χ2v) is 3.31. The molecular formula is C11H12NO4. The predicted octanol–water partition coefficient (Wildman–Crippen LogP) is 1.32. The van der Waals surface area contributed by atoms with E-state index in [2.05, 4.69) is 5.32 Å². The fourth-order valence-corrected chi connectivity index (χ4v) is 1.38. The molecule has 16 heavy (non-hydrogen) atoms. The summed E-state index contributed by atoms with van der Waals surface area (Å²) in [7, 11) is 0. The summed E-state index contributed by atoms with van der Waals surface area (Å²) in [5.41, 5.74) is 0.957. The van der Waals surface area contributed by atoms with Gasteiger partial charge in [-0.15, -0.1) is 0 Å². The summed E-state index contributed by atoms with van der Waals surface area (Å²) in [6.07, 6.45) is 0.169. The van der Waals surface area contributed by atoms with Crippen molar-refractivity contribution in [3.63, 3.8) is 0 Å². The lowest BCUT2D eigenvalue weighted by atomic mass is 10.0. The van der Waals surface area contributed by atoms with Gasteiger partial charge in [0.25, 0.3) is 0 Å². The first-order valence-electron chi connectivity index (χ1n) is 4.76. The van der Waals surface area contributed by atoms with Crippen LogP contribution in [-0.4, -0.2) is 23.6 Å². The third-order valence-electron chi connectivity index (χ3n) is 2.03. The van der Waals surface area contributed by atoms with Gasteiger partial charge in [-0.3, -0.25) is 4.79 Å². The smallest absolute Gasteiger partial charge is 0.336 e. The Kier molecular flexibility index (Phi) is 4.02. The molecule has 0 unspecified atom stereocenters. The van der Waals surface area contributed by atoms with Crippen LogP contribution in [-0.2, 0) is 16.3 Å². The van der Waals surface area contributed by atoms with Gasteiger partial charge < -0.3 is 10.4 Å². The van der Waals surface area contributed by atoms with Gasteiger partial charge in [0.05, 0.1) is 12.2 Å². The molecule has 5 nitrogen and oxygen atoms in total. The number of carboxylic acid groups (broad SMARTS) is 1. The molecule has 1 aromatic carbocycles. The number of carbonyl (C=O) groups excluding carboxylic acids is 1. The van der Waals surface area contributed by atoms with Gasteiger partial charge in [-0.1, -0.05) is 6.07 Å². The van der Waals surface area contributed by atoms with Crippen molar-refractivity contribution in [2.45, 2.75) is 13.3 Å². The van der Waals surface area contributed by atoms with E-state index < -0.39 is 5.97 Å². The van der Waals surface area contributed by atoms with Crippen LogP contribution < -0.4 is 5.32 Å². The average Bonchev–Trinajstić information content (AvgIpc) is 2.19. The third kappa shape index (κ3) is 3.06. The molecule has 5 heteroatoms. The largest absolute Gasteiger partial charge is 0.478 e. The summed E-state index contributed by atoms with van der Waals surface area (Å²) in [4.78, 5) is 21.7. The van der Waals surface area contributed by atoms with Crippen LogP contribution in [0.25, 0.3) is 0 Å². The maximum atomic E-state index is 10.9. The van der Waals surface area contributed by atoms with E-state index in [4.69, 9.17) is 5.11 Å². The second-order valence-electron chi connectivity index (χ2n) is 3.31. The van der Waals surface area contributed by atoms with Gasteiger partial charge in [-0.2, -0.15) is 0 Å². The molecular weight excluding hydrogens is 210 g/mol. The zero-order valence-electron chi connectivity index (χ0n) is 8.82. The first kappa shape index (κ1) is 12.2. The molecule has 0 aliphatic heterocycles. The predicted molar refractivity (Wildman–Crippen MR) is 57.0 cm³/mol. The minimum atomic E-state index is -1.10. The van der Waals surface area contributed by atoms with Crippen molar-refractivity contribution in [2.24, 2.45) is 0 Å². The Morgan fingerprint density at radius 2 is 2.06 bits per heavy atom. The second kappa shape index (κ2) is 5.27. The Hall–Kier alpha value is -1.88. The van der Waals surface area contributed by atoms with E-state index in [1.807, 2.05) is 0 Å². The first-order valence-corrected chi connectivity index (χ1v) is 4.76. The lowest BCUT2D eigenvalue weighted by Gasteiger charge is -2.07. The molecule has 1 amide bonds. The zero-order chi connectivity index (χ0) is 12.1. The molecule has 1 radical (unpaired) electrons. The fourth-order valence-electron chi connectivity index (χ4n) is 1.38. The molecule has 1 rings (SSSR count). The molecule has 0 atom stereocenters. The van der Waals surface area contributed by atoms with Crippen LogP contribution in [0, 0.1) is 0 Å². The molecule has 1 aromatic rings. The summed E-state index contributed by atoms with van der Waals surface area (Å²) in [5, 5.41) is 21.9. The number of carboxylic acids is 1. The Bertz CT molecular complexity index is 414. The summed E-state index contributed by atoms with van der Waals surface area (Å²) in [6.45, 7) is 0.978. The molecule has 0 saturated heterocycles. The Morgan fingerprint density at radius 3 is 2.56 bits per heavy atom. The number of benzene rings is 1. The van der Waals surface area contributed by atoms with Gasteiger partial charge in [0.2, 0.25) is 5.91 Å². The minimum Gasteiger partial charge on any atom is -0.478 e. The average molecular weight is 222 g/mol. The first-order chi connectivity index (χ1) is 7.54. The molecule has 0 aliphatic carbocycles. The molecule has 0 aliphatic rings. The molecule has 0 saturated carbocycles. The maximum absolute atomic E-state index is 10.9. The van der Waals surface area contributed by atoms with Crippen molar-refractivity contribution in [3.8, 4) is 0 Å². The van der Waals surface area contributed by atoms with Gasteiger partial charge >= 0.3 is 5.97 Å². The van der Waals surface area contributed by atoms with Crippen LogP contribution in [0.2, 0.25) is 0 Å². The summed E-state index contributed by atoms with van der Waals surface area (Å²) in [6, 6.07) is 4.49. The van der Waals surface area contributed by atoms with Gasteiger partial charge in [0, 0.05) is 12.6 Å². The number of hydrogen-bond donors (Lipinski definition) is 2. The van der Waals surface area contributed by atoms with Gasteiger partial charge in [0.1, 0.15) is 0 Å². The highest BCUT2D eigenvalue weighted by atomic mass is 16.4. The fraction of sp³-hybridized carbons (Fsp3) is 0.273. The molecule has 0 bridgehead atoms. The van der Waals surface area contributed by atoms with Crippen LogP contribution in [0.15, 0.2) is 18.2 Å². The SMILES string of the molecule is CC(=O)Nc1ccc(CC[O])c(C(=O)O)c1. The minimum absolute atomic E-state index is 0.0575. The van der Waals surface area contributed by atoms with E-state index in [0.29, 0.717) is 11.3 Å². The molecule has 0 aromatic heterocycles. The van der Waals surface area contributed by atoms with Gasteiger partial charge in [-0.25, -0.2) is 9.90 Å². The topological polar surface area (TPSA) is 86.3 Å².